The van der Waals surface area contributed by atoms with Crippen molar-refractivity contribution in [1.29, 1.82) is 0 Å². The van der Waals surface area contributed by atoms with Crippen LogP contribution in [0.2, 0.25) is 0 Å². The van der Waals surface area contributed by atoms with Crippen molar-refractivity contribution in [1.82, 2.24) is 0 Å². The second kappa shape index (κ2) is 6.14. The Morgan fingerprint density at radius 2 is 1.56 bits per heavy atom. The number of rotatable bonds is 2. The van der Waals surface area contributed by atoms with Crippen molar-refractivity contribution in [3.8, 4) is 5.75 Å². The molecular weight excluding hydrogens is 352 g/mol. The first-order chi connectivity index (χ1) is 11.6. The van der Waals surface area contributed by atoms with Gasteiger partial charge in [0.25, 0.3) is 0 Å². The van der Waals surface area contributed by atoms with E-state index >= 15 is 0 Å². The van der Waals surface area contributed by atoms with Gasteiger partial charge in [-0.25, -0.2) is 5.06 Å². The number of alkyl halides is 6. The second-order valence-corrected chi connectivity index (χ2v) is 5.29. The van der Waals surface area contributed by atoms with Crippen LogP contribution in [-0.4, -0.2) is 12.9 Å². The summed E-state index contributed by atoms with van der Waals surface area (Å²) in [6.45, 7) is -0.331. The average Bonchev–Trinajstić information content (AvgIpc) is 2.52. The Labute approximate surface area is 138 Å². The lowest BCUT2D eigenvalue weighted by atomic mass is 10.0. The summed E-state index contributed by atoms with van der Waals surface area (Å²) < 4.78 is 81.3. The molecule has 0 aromatic heterocycles. The summed E-state index contributed by atoms with van der Waals surface area (Å²) in [5.41, 5.74) is -0.461. The zero-order chi connectivity index (χ0) is 18.2. The van der Waals surface area contributed by atoms with Gasteiger partial charge in [0.2, 0.25) is 0 Å². The number of anilines is 1. The molecule has 2 aromatic carbocycles. The lowest BCUT2D eigenvalue weighted by molar-refractivity contribution is -0.332. The third kappa shape index (κ3) is 3.98. The van der Waals surface area contributed by atoms with Gasteiger partial charge in [-0.15, -0.1) is 13.2 Å². The van der Waals surface area contributed by atoms with Crippen LogP contribution >= 0.6 is 0 Å². The summed E-state index contributed by atoms with van der Waals surface area (Å²) in [6, 6.07) is 10.00. The molecule has 0 amide bonds. The van der Waals surface area contributed by atoms with Crippen LogP contribution in [0.4, 0.5) is 32.0 Å². The minimum Gasteiger partial charge on any atom is -0.481 e. The molecule has 0 saturated heterocycles. The lowest BCUT2D eigenvalue weighted by Crippen LogP contribution is -2.39. The van der Waals surface area contributed by atoms with Gasteiger partial charge in [0.1, 0.15) is 17.5 Å². The SMILES string of the molecule is FC(F)(F)ON1CC(c2ccc(C(F)(F)F)cc2)Oc2ccccc21. The Hall–Kier alpha value is -2.42. The average molecular weight is 363 g/mol. The molecule has 134 valence electrons. The first-order valence-corrected chi connectivity index (χ1v) is 7.10. The summed E-state index contributed by atoms with van der Waals surface area (Å²) in [5.74, 6) is 0.142. The highest BCUT2D eigenvalue weighted by Gasteiger charge is 2.38. The smallest absolute Gasteiger partial charge is 0.481 e. The van der Waals surface area contributed by atoms with E-state index in [2.05, 4.69) is 4.84 Å². The molecule has 1 aliphatic heterocycles. The Morgan fingerprint density at radius 1 is 0.920 bits per heavy atom. The third-order valence-corrected chi connectivity index (χ3v) is 3.56. The van der Waals surface area contributed by atoms with Gasteiger partial charge in [-0.05, 0) is 29.8 Å². The monoisotopic (exact) mass is 363 g/mol. The molecular formula is C16H11F6NO2. The van der Waals surface area contributed by atoms with Crippen LogP contribution in [-0.2, 0) is 11.0 Å². The van der Waals surface area contributed by atoms with Gasteiger partial charge in [0.05, 0.1) is 12.1 Å². The van der Waals surface area contributed by atoms with Gasteiger partial charge in [0, 0.05) is 0 Å². The van der Waals surface area contributed by atoms with Crippen molar-refractivity contribution >= 4 is 5.69 Å². The Kier molecular flexibility index (Phi) is 4.28. The van der Waals surface area contributed by atoms with Crippen LogP contribution in [0, 0.1) is 0 Å². The molecule has 2 aromatic rings. The fourth-order valence-corrected chi connectivity index (χ4v) is 2.47. The van der Waals surface area contributed by atoms with Crippen LogP contribution in [0.1, 0.15) is 17.2 Å². The topological polar surface area (TPSA) is 21.7 Å². The molecule has 0 saturated carbocycles. The van der Waals surface area contributed by atoms with E-state index in [-0.39, 0.29) is 18.0 Å². The highest BCUT2D eigenvalue weighted by atomic mass is 19.4. The molecule has 0 spiro atoms. The van der Waals surface area contributed by atoms with Gasteiger partial charge in [-0.1, -0.05) is 24.3 Å². The van der Waals surface area contributed by atoms with E-state index in [1.54, 1.807) is 6.07 Å². The summed E-state index contributed by atoms with van der Waals surface area (Å²) in [5, 5.41) is 0.626. The largest absolute Gasteiger partial charge is 0.544 e. The van der Waals surface area contributed by atoms with Crippen molar-refractivity contribution < 1.29 is 35.9 Å². The standard InChI is InChI=1S/C16H11F6NO2/c17-15(18,19)11-7-5-10(6-8-11)14-9-23(25-16(20,21)22)12-3-1-2-4-13(12)24-14/h1-8,14H,9H2. The van der Waals surface area contributed by atoms with E-state index in [0.717, 1.165) is 12.1 Å². The Bertz CT molecular complexity index is 742. The van der Waals surface area contributed by atoms with Gasteiger partial charge >= 0.3 is 12.5 Å². The van der Waals surface area contributed by atoms with Crippen molar-refractivity contribution in [2.45, 2.75) is 18.6 Å². The fourth-order valence-electron chi connectivity index (χ4n) is 2.47. The Balaban J connectivity index is 1.89. The first kappa shape index (κ1) is 17.4. The number of hydrogen-bond donors (Lipinski definition) is 0. The first-order valence-electron chi connectivity index (χ1n) is 7.10. The quantitative estimate of drug-likeness (QED) is 0.693. The maximum Gasteiger partial charge on any atom is 0.544 e. The number of halogens is 6. The summed E-state index contributed by atoms with van der Waals surface area (Å²) in [6.07, 6.45) is -10.3. The van der Waals surface area contributed by atoms with Crippen LogP contribution in [0.3, 0.4) is 0 Å². The molecule has 1 unspecified atom stereocenters. The molecule has 25 heavy (non-hydrogen) atoms. The Morgan fingerprint density at radius 3 is 2.16 bits per heavy atom. The van der Waals surface area contributed by atoms with Crippen LogP contribution < -0.4 is 9.80 Å². The minimum atomic E-state index is -4.91. The number of fused-ring (bicyclic) bond motifs is 1. The number of ether oxygens (including phenoxy) is 1. The maximum absolute atomic E-state index is 12.6. The maximum atomic E-state index is 12.6. The van der Waals surface area contributed by atoms with Crippen LogP contribution in [0.15, 0.2) is 48.5 Å². The molecule has 3 nitrogen and oxygen atoms in total. The lowest BCUT2D eigenvalue weighted by Gasteiger charge is -2.35. The van der Waals surface area contributed by atoms with E-state index < -0.39 is 24.2 Å². The molecule has 1 heterocycles. The van der Waals surface area contributed by atoms with Gasteiger partial charge in [0.15, 0.2) is 0 Å². The van der Waals surface area contributed by atoms with Crippen molar-refractivity contribution in [2.75, 3.05) is 11.6 Å². The summed E-state index contributed by atoms with van der Waals surface area (Å²) in [4.78, 5) is 4.01. The molecule has 0 N–H and O–H groups in total. The zero-order valence-electron chi connectivity index (χ0n) is 12.4. The minimum absolute atomic E-state index is 0.0861. The van der Waals surface area contributed by atoms with E-state index in [1.807, 2.05) is 0 Å². The summed E-state index contributed by atoms with van der Waals surface area (Å²) >= 11 is 0. The predicted molar refractivity (Wildman–Crippen MR) is 75.7 cm³/mol. The number of benzene rings is 2. The highest BCUT2D eigenvalue weighted by Crippen LogP contribution is 2.40. The predicted octanol–water partition coefficient (Wildman–Crippen LogP) is 5.10. The molecule has 1 atom stereocenters. The summed E-state index contributed by atoms with van der Waals surface area (Å²) in [7, 11) is 0. The highest BCUT2D eigenvalue weighted by molar-refractivity contribution is 5.58. The molecule has 0 radical (unpaired) electrons. The molecule has 1 aliphatic rings. The molecule has 0 aliphatic carbocycles. The van der Waals surface area contributed by atoms with Gasteiger partial charge in [-0.3, -0.25) is 0 Å². The van der Waals surface area contributed by atoms with Crippen LogP contribution in [0.5, 0.6) is 5.75 Å². The normalized spacial score (nSPS) is 17.8. The van der Waals surface area contributed by atoms with E-state index in [0.29, 0.717) is 10.6 Å². The number of hydroxylamine groups is 1. The molecule has 0 fully saturated rings. The van der Waals surface area contributed by atoms with Crippen molar-refractivity contribution in [3.63, 3.8) is 0 Å². The van der Waals surface area contributed by atoms with Crippen molar-refractivity contribution in [2.24, 2.45) is 0 Å². The van der Waals surface area contributed by atoms with E-state index in [1.165, 1.54) is 30.3 Å². The third-order valence-electron chi connectivity index (χ3n) is 3.56. The van der Waals surface area contributed by atoms with E-state index in [4.69, 9.17) is 4.74 Å². The fraction of sp³-hybridized carbons (Fsp3) is 0.250. The second-order valence-electron chi connectivity index (χ2n) is 5.29. The molecule has 0 bridgehead atoms. The van der Waals surface area contributed by atoms with Gasteiger partial charge in [-0.2, -0.15) is 18.0 Å². The van der Waals surface area contributed by atoms with E-state index in [9.17, 15) is 26.3 Å². The van der Waals surface area contributed by atoms with Crippen molar-refractivity contribution in [3.05, 3.63) is 59.7 Å². The number of hydrogen-bond acceptors (Lipinski definition) is 3. The number of nitrogens with zero attached hydrogens (tertiary/aromatic N) is 1. The molecule has 9 heteroatoms. The number of para-hydroxylation sites is 2. The zero-order valence-corrected chi connectivity index (χ0v) is 12.4. The molecule has 3 rings (SSSR count). The van der Waals surface area contributed by atoms with Crippen LogP contribution in [0.25, 0.3) is 0 Å². The van der Waals surface area contributed by atoms with Gasteiger partial charge < -0.3 is 4.74 Å².